The van der Waals surface area contributed by atoms with E-state index in [1.165, 1.54) is 24.3 Å². The summed E-state index contributed by atoms with van der Waals surface area (Å²) in [4.78, 5) is 0. The second-order valence-corrected chi connectivity index (χ2v) is 4.12. The summed E-state index contributed by atoms with van der Waals surface area (Å²) in [6.07, 6.45) is -4.24. The number of aliphatic hydroxyl groups excluding tert-OH is 1. The lowest BCUT2D eigenvalue weighted by Gasteiger charge is -2.15. The molecule has 19 heavy (non-hydrogen) atoms. The smallest absolute Gasteiger partial charge is 0.119 e. The lowest BCUT2D eigenvalue weighted by Crippen LogP contribution is -2.35. The largest absolute Gasteiger partial charge is 0.491 e. The zero-order valence-electron chi connectivity index (χ0n) is 19.9. The minimum Gasteiger partial charge on any atom is -0.491 e. The lowest BCUT2D eigenvalue weighted by atomic mass is 10.1. The first-order valence-corrected chi connectivity index (χ1v) is 5.87. The molecule has 1 unspecified atom stereocenters. The Morgan fingerprint density at radius 3 is 2.74 bits per heavy atom. The molecule has 1 aromatic carbocycles. The van der Waals surface area contributed by atoms with E-state index in [2.05, 4.69) is 10.1 Å². The summed E-state index contributed by atoms with van der Waals surface area (Å²) < 4.78 is 77.1. The van der Waals surface area contributed by atoms with Crippen LogP contribution in [-0.2, 0) is 11.1 Å². The monoisotopic (exact) mass is 276 g/mol. The van der Waals surface area contributed by atoms with E-state index in [0.717, 1.165) is 0 Å². The van der Waals surface area contributed by atoms with Crippen LogP contribution in [0.5, 0.6) is 5.75 Å². The quantitative estimate of drug-likeness (QED) is 0.719. The van der Waals surface area contributed by atoms with Crippen LogP contribution in [0.1, 0.15) is 31.7 Å². The number of aliphatic hydroxyl groups is 1. The summed E-state index contributed by atoms with van der Waals surface area (Å²) >= 11 is 0. The fraction of sp³-hybridized carbons (Fsp3) is 0.600. The third-order valence-corrected chi connectivity index (χ3v) is 2.05. The van der Waals surface area contributed by atoms with Gasteiger partial charge in [-0.25, -0.2) is 0 Å². The van der Waals surface area contributed by atoms with E-state index in [4.69, 9.17) is 17.1 Å². The number of hydrogen-bond donors (Lipinski definition) is 2. The van der Waals surface area contributed by atoms with Crippen LogP contribution in [0.25, 0.3) is 0 Å². The van der Waals surface area contributed by atoms with E-state index in [1.54, 1.807) is 13.8 Å². The van der Waals surface area contributed by atoms with Gasteiger partial charge in [-0.3, -0.25) is 0 Å². The molecule has 2 N–H and O–H groups in total. The highest BCUT2D eigenvalue weighted by Crippen LogP contribution is 2.12. The standard InChI is InChI=1S/C15H25NO3/c1-12(2)16-10-14(17)11-19-15-6-4-13(5-7-15)8-9-18-3/h4-7,12,14,16-17H,8-11H2,1-3H3/i3D3,8D2,9D2,10D2. The second-order valence-electron chi connectivity index (χ2n) is 4.12. The highest BCUT2D eigenvalue weighted by atomic mass is 16.5. The predicted molar refractivity (Wildman–Crippen MR) is 76.7 cm³/mol. The summed E-state index contributed by atoms with van der Waals surface area (Å²) in [6.45, 7) is -2.11. The summed E-state index contributed by atoms with van der Waals surface area (Å²) in [5.41, 5.74) is -0.175. The number of benzene rings is 1. The topological polar surface area (TPSA) is 50.7 Å². The number of nitrogens with one attached hydrogen (secondary N) is 1. The Balaban J connectivity index is 2.83. The number of ether oxygens (including phenoxy) is 2. The average Bonchev–Trinajstić information content (AvgIpc) is 2.49. The van der Waals surface area contributed by atoms with E-state index >= 15 is 0 Å². The van der Waals surface area contributed by atoms with Gasteiger partial charge in [-0.05, 0) is 24.1 Å². The van der Waals surface area contributed by atoms with Gasteiger partial charge in [-0.15, -0.1) is 0 Å². The van der Waals surface area contributed by atoms with Crippen LogP contribution in [0.3, 0.4) is 0 Å². The second kappa shape index (κ2) is 8.91. The van der Waals surface area contributed by atoms with Crippen molar-refractivity contribution in [1.29, 1.82) is 0 Å². The lowest BCUT2D eigenvalue weighted by molar-refractivity contribution is 0.104. The molecule has 0 fully saturated rings. The van der Waals surface area contributed by atoms with E-state index in [-0.39, 0.29) is 24.0 Å². The minimum atomic E-state index is -3.12. The maximum atomic E-state index is 9.94. The molecule has 0 aliphatic heterocycles. The van der Waals surface area contributed by atoms with Gasteiger partial charge in [0.2, 0.25) is 0 Å². The molecule has 108 valence electrons. The highest BCUT2D eigenvalue weighted by molar-refractivity contribution is 5.27. The van der Waals surface area contributed by atoms with Gasteiger partial charge in [0.05, 0.1) is 13.4 Å². The molecule has 0 amide bonds. The van der Waals surface area contributed by atoms with Crippen molar-refractivity contribution < 1.29 is 26.9 Å². The van der Waals surface area contributed by atoms with Crippen molar-refractivity contribution in [1.82, 2.24) is 5.32 Å². The normalized spacial score (nSPS) is 22.6. The molecule has 1 rings (SSSR count). The molecule has 0 radical (unpaired) electrons. The van der Waals surface area contributed by atoms with E-state index in [9.17, 15) is 5.11 Å². The Morgan fingerprint density at radius 2 is 2.11 bits per heavy atom. The van der Waals surface area contributed by atoms with E-state index in [1.807, 2.05) is 0 Å². The van der Waals surface area contributed by atoms with Gasteiger partial charge in [-0.1, -0.05) is 26.0 Å². The third-order valence-electron chi connectivity index (χ3n) is 2.05. The molecule has 1 atom stereocenters. The van der Waals surface area contributed by atoms with Crippen molar-refractivity contribution in [2.75, 3.05) is 26.7 Å². The first kappa shape index (κ1) is 7.07. The molecule has 4 nitrogen and oxygen atoms in total. The predicted octanol–water partition coefficient (Wildman–Crippen LogP) is 1.61. The molecule has 0 heterocycles. The van der Waals surface area contributed by atoms with Gasteiger partial charge in [0, 0.05) is 25.1 Å². The van der Waals surface area contributed by atoms with Crippen molar-refractivity contribution in [3.05, 3.63) is 29.8 Å². The summed E-state index contributed by atoms with van der Waals surface area (Å²) in [6, 6.07) is 4.80. The number of hydrogen-bond acceptors (Lipinski definition) is 4. The zero-order valence-corrected chi connectivity index (χ0v) is 10.9. The maximum Gasteiger partial charge on any atom is 0.119 e. The van der Waals surface area contributed by atoms with Gasteiger partial charge in [0.15, 0.2) is 0 Å². The van der Waals surface area contributed by atoms with E-state index < -0.39 is 32.6 Å². The number of aryl methyl sites for hydroxylation is 1. The summed E-state index contributed by atoms with van der Waals surface area (Å²) in [5.74, 6) is 0.191. The van der Waals surface area contributed by atoms with Gasteiger partial charge in [0.1, 0.15) is 18.5 Å². The molecule has 1 aromatic rings. The zero-order chi connectivity index (χ0) is 22.0. The molecule has 0 spiro atoms. The Bertz CT molecular complexity index is 633. The highest BCUT2D eigenvalue weighted by Gasteiger charge is 2.05. The molecule has 0 aliphatic carbocycles. The molecule has 0 aromatic heterocycles. The molecule has 0 saturated carbocycles. The van der Waals surface area contributed by atoms with Crippen LogP contribution in [0.4, 0.5) is 0 Å². The fourth-order valence-corrected chi connectivity index (χ4v) is 1.20. The Kier molecular flexibility index (Phi) is 3.31. The third kappa shape index (κ3) is 7.15. The number of methoxy groups -OCH3 is 1. The van der Waals surface area contributed by atoms with Gasteiger partial charge in [0.25, 0.3) is 0 Å². The SMILES string of the molecule is [2H]C([2H])([2H])OC([2H])([2H])C([2H])([2H])c1ccc(OCC(O)C([2H])([2H])NC(C)C)cc1. The molecular formula is C15H25NO3. The van der Waals surface area contributed by atoms with Gasteiger partial charge in [-0.2, -0.15) is 0 Å². The Morgan fingerprint density at radius 1 is 1.37 bits per heavy atom. The molecule has 0 aliphatic rings. The van der Waals surface area contributed by atoms with Gasteiger partial charge >= 0.3 is 0 Å². The van der Waals surface area contributed by atoms with Crippen molar-refractivity contribution in [2.45, 2.75) is 32.4 Å². The fourth-order valence-electron chi connectivity index (χ4n) is 1.20. The van der Waals surface area contributed by atoms with Crippen LogP contribution in [0.15, 0.2) is 24.3 Å². The summed E-state index contributed by atoms with van der Waals surface area (Å²) in [5, 5.41) is 12.5. The van der Waals surface area contributed by atoms with Crippen LogP contribution in [0.2, 0.25) is 0 Å². The Labute approximate surface area is 128 Å². The summed E-state index contributed by atoms with van der Waals surface area (Å²) in [7, 11) is -3.11. The van der Waals surface area contributed by atoms with Crippen LogP contribution >= 0.6 is 0 Å². The van der Waals surface area contributed by atoms with Gasteiger partial charge < -0.3 is 19.9 Å². The van der Waals surface area contributed by atoms with Crippen molar-refractivity contribution in [3.63, 3.8) is 0 Å². The first-order valence-electron chi connectivity index (χ1n) is 10.4. The van der Waals surface area contributed by atoms with Crippen LogP contribution < -0.4 is 10.1 Å². The number of rotatable bonds is 9. The maximum absolute atomic E-state index is 9.94. The molecule has 4 heteroatoms. The van der Waals surface area contributed by atoms with Crippen molar-refractivity contribution in [2.24, 2.45) is 0 Å². The molecule has 0 saturated heterocycles. The average molecular weight is 276 g/mol. The van der Waals surface area contributed by atoms with Crippen molar-refractivity contribution in [3.8, 4) is 5.75 Å². The molecular weight excluding hydrogens is 242 g/mol. The van der Waals surface area contributed by atoms with Crippen LogP contribution in [0, 0.1) is 0 Å². The van der Waals surface area contributed by atoms with Crippen molar-refractivity contribution >= 4 is 0 Å². The van der Waals surface area contributed by atoms with E-state index in [0.29, 0.717) is 0 Å². The minimum absolute atomic E-state index is 0.175. The molecule has 0 bridgehead atoms. The van der Waals surface area contributed by atoms with Crippen LogP contribution in [-0.4, -0.2) is 44.0 Å². The first-order chi connectivity index (χ1) is 12.5. The Hall–Kier alpha value is -1.10.